The molecule has 4 heterocycles. The normalized spacial score (nSPS) is 14.9. The van der Waals surface area contributed by atoms with E-state index >= 15 is 0 Å². The van der Waals surface area contributed by atoms with Crippen molar-refractivity contribution in [2.24, 2.45) is 5.92 Å². The van der Waals surface area contributed by atoms with Crippen LogP contribution in [-0.2, 0) is 11.3 Å². The van der Waals surface area contributed by atoms with E-state index in [0.29, 0.717) is 12.4 Å². The Morgan fingerprint density at radius 2 is 2.07 bits per heavy atom. The molecule has 0 unspecified atom stereocenters. The maximum atomic E-state index is 12.7. The highest BCUT2D eigenvalue weighted by atomic mass is 32.1. The molecule has 3 aromatic heterocycles. The van der Waals surface area contributed by atoms with Gasteiger partial charge in [0, 0.05) is 42.2 Å². The standard InChI is InChI=1S/C21H25N5O2S/c1-13-14(2)29-21-17(13)18(24-12-25-21)26-9-6-15(7-10-26)19(27)23-11-16-5-4-8-22-20(16)28-3/h4-5,8,12,15H,6-7,9-11H2,1-3H3,(H,23,27). The molecule has 4 rings (SSSR count). The minimum atomic E-state index is 0.0107. The van der Waals surface area contributed by atoms with Gasteiger partial charge in [-0.05, 0) is 38.3 Å². The molecule has 8 heteroatoms. The van der Waals surface area contributed by atoms with Crippen molar-refractivity contribution in [2.75, 3.05) is 25.1 Å². The number of methoxy groups -OCH3 is 1. The lowest BCUT2D eigenvalue weighted by molar-refractivity contribution is -0.125. The minimum Gasteiger partial charge on any atom is -0.481 e. The Morgan fingerprint density at radius 1 is 1.28 bits per heavy atom. The monoisotopic (exact) mass is 411 g/mol. The number of hydrogen-bond acceptors (Lipinski definition) is 7. The molecule has 1 saturated heterocycles. The van der Waals surface area contributed by atoms with Gasteiger partial charge < -0.3 is 15.0 Å². The van der Waals surface area contributed by atoms with Crippen LogP contribution < -0.4 is 15.0 Å². The molecule has 7 nitrogen and oxygen atoms in total. The second kappa shape index (κ2) is 8.32. The summed E-state index contributed by atoms with van der Waals surface area (Å²) in [7, 11) is 1.59. The number of carbonyl (C=O) groups excluding carboxylic acids is 1. The van der Waals surface area contributed by atoms with Gasteiger partial charge in [0.05, 0.1) is 12.5 Å². The van der Waals surface area contributed by atoms with Gasteiger partial charge in [0.25, 0.3) is 0 Å². The summed E-state index contributed by atoms with van der Waals surface area (Å²) in [4.78, 5) is 30.4. The van der Waals surface area contributed by atoms with Gasteiger partial charge in [-0.25, -0.2) is 15.0 Å². The first-order valence-corrected chi connectivity index (χ1v) is 10.6. The van der Waals surface area contributed by atoms with E-state index in [-0.39, 0.29) is 11.8 Å². The molecule has 1 aliphatic heterocycles. The van der Waals surface area contributed by atoms with Crippen LogP contribution in [0.5, 0.6) is 5.88 Å². The molecule has 1 amide bonds. The highest BCUT2D eigenvalue weighted by Crippen LogP contribution is 2.35. The minimum absolute atomic E-state index is 0.0107. The summed E-state index contributed by atoms with van der Waals surface area (Å²) in [5.41, 5.74) is 2.14. The summed E-state index contributed by atoms with van der Waals surface area (Å²) >= 11 is 1.71. The molecule has 0 saturated carbocycles. The van der Waals surface area contributed by atoms with E-state index in [9.17, 15) is 4.79 Å². The Morgan fingerprint density at radius 3 is 2.83 bits per heavy atom. The van der Waals surface area contributed by atoms with Crippen LogP contribution in [0.3, 0.4) is 0 Å². The zero-order chi connectivity index (χ0) is 20.4. The highest BCUT2D eigenvalue weighted by Gasteiger charge is 2.27. The van der Waals surface area contributed by atoms with Crippen molar-refractivity contribution in [3.8, 4) is 5.88 Å². The maximum Gasteiger partial charge on any atom is 0.223 e. The molecule has 1 aliphatic rings. The number of fused-ring (bicyclic) bond motifs is 1. The third-order valence-corrected chi connectivity index (χ3v) is 6.72. The molecule has 1 N–H and O–H groups in total. The molecule has 0 radical (unpaired) electrons. The number of nitrogens with one attached hydrogen (secondary N) is 1. The van der Waals surface area contributed by atoms with Gasteiger partial charge in [0.1, 0.15) is 17.0 Å². The van der Waals surface area contributed by atoms with Crippen molar-refractivity contribution >= 4 is 33.3 Å². The number of hydrogen-bond donors (Lipinski definition) is 1. The van der Waals surface area contributed by atoms with Crippen LogP contribution in [0.1, 0.15) is 28.8 Å². The third kappa shape index (κ3) is 3.89. The van der Waals surface area contributed by atoms with Gasteiger partial charge in [-0.3, -0.25) is 4.79 Å². The van der Waals surface area contributed by atoms with Crippen molar-refractivity contribution < 1.29 is 9.53 Å². The number of pyridine rings is 1. The first-order chi connectivity index (χ1) is 14.1. The molecular weight excluding hydrogens is 386 g/mol. The predicted octanol–water partition coefficient (Wildman–Crippen LogP) is 3.24. The lowest BCUT2D eigenvalue weighted by Crippen LogP contribution is -2.40. The van der Waals surface area contributed by atoms with E-state index in [4.69, 9.17) is 4.74 Å². The Balaban J connectivity index is 1.39. The SMILES string of the molecule is COc1ncccc1CNC(=O)C1CCN(c2ncnc3sc(C)c(C)c23)CC1. The van der Waals surface area contributed by atoms with Crippen LogP contribution in [0.2, 0.25) is 0 Å². The number of aryl methyl sites for hydroxylation is 2. The van der Waals surface area contributed by atoms with Crippen LogP contribution in [0.4, 0.5) is 5.82 Å². The van der Waals surface area contributed by atoms with Crippen molar-refractivity contribution in [2.45, 2.75) is 33.2 Å². The maximum absolute atomic E-state index is 12.7. The molecule has 0 aromatic carbocycles. The predicted molar refractivity (Wildman–Crippen MR) is 114 cm³/mol. The number of nitrogens with zero attached hydrogens (tertiary/aromatic N) is 4. The Kier molecular flexibility index (Phi) is 5.62. The molecule has 0 bridgehead atoms. The van der Waals surface area contributed by atoms with E-state index in [1.165, 1.54) is 10.4 Å². The zero-order valence-electron chi connectivity index (χ0n) is 16.9. The van der Waals surface area contributed by atoms with Gasteiger partial charge in [0.15, 0.2) is 0 Å². The fourth-order valence-electron chi connectivity index (χ4n) is 3.83. The molecule has 0 spiro atoms. The van der Waals surface area contributed by atoms with E-state index < -0.39 is 0 Å². The number of rotatable bonds is 5. The number of ether oxygens (including phenoxy) is 1. The zero-order valence-corrected chi connectivity index (χ0v) is 17.8. The van der Waals surface area contributed by atoms with Crippen molar-refractivity contribution in [3.63, 3.8) is 0 Å². The first-order valence-electron chi connectivity index (χ1n) is 9.79. The first kappa shape index (κ1) is 19.6. The lowest BCUT2D eigenvalue weighted by atomic mass is 9.95. The topological polar surface area (TPSA) is 80.2 Å². The smallest absolute Gasteiger partial charge is 0.223 e. The van der Waals surface area contributed by atoms with Crippen LogP contribution in [0.15, 0.2) is 24.7 Å². The number of amides is 1. The second-order valence-corrected chi connectivity index (χ2v) is 8.51. The van der Waals surface area contributed by atoms with E-state index in [1.54, 1.807) is 31.0 Å². The number of anilines is 1. The fourth-order valence-corrected chi connectivity index (χ4v) is 4.82. The fraction of sp³-hybridized carbons (Fsp3) is 0.429. The van der Waals surface area contributed by atoms with Gasteiger partial charge in [-0.2, -0.15) is 0 Å². The largest absolute Gasteiger partial charge is 0.481 e. The Hall–Kier alpha value is -2.74. The van der Waals surface area contributed by atoms with E-state index in [0.717, 1.165) is 47.5 Å². The molecule has 3 aromatic rings. The molecule has 29 heavy (non-hydrogen) atoms. The van der Waals surface area contributed by atoms with Gasteiger partial charge in [0.2, 0.25) is 11.8 Å². The highest BCUT2D eigenvalue weighted by molar-refractivity contribution is 7.18. The average Bonchev–Trinajstić information content (AvgIpc) is 3.06. The number of carbonyl (C=O) groups is 1. The number of piperidine rings is 1. The van der Waals surface area contributed by atoms with Crippen LogP contribution in [-0.4, -0.2) is 41.1 Å². The average molecular weight is 412 g/mol. The molecule has 0 aliphatic carbocycles. The summed E-state index contributed by atoms with van der Waals surface area (Å²) < 4.78 is 5.25. The van der Waals surface area contributed by atoms with Crippen LogP contribution in [0.25, 0.3) is 10.2 Å². The summed E-state index contributed by atoms with van der Waals surface area (Å²) in [5.74, 6) is 1.65. The van der Waals surface area contributed by atoms with Crippen LogP contribution in [0, 0.1) is 19.8 Å². The summed E-state index contributed by atoms with van der Waals surface area (Å²) in [6.07, 6.45) is 4.95. The van der Waals surface area contributed by atoms with Gasteiger partial charge in [-0.15, -0.1) is 11.3 Å². The van der Waals surface area contributed by atoms with Crippen LogP contribution >= 0.6 is 11.3 Å². The third-order valence-electron chi connectivity index (χ3n) is 5.61. The molecule has 152 valence electrons. The second-order valence-electron chi connectivity index (χ2n) is 7.31. The van der Waals surface area contributed by atoms with Crippen molar-refractivity contribution in [3.05, 3.63) is 40.7 Å². The molecule has 0 atom stereocenters. The van der Waals surface area contributed by atoms with Crippen molar-refractivity contribution in [1.29, 1.82) is 0 Å². The molecular formula is C21H25N5O2S. The Bertz CT molecular complexity index is 1030. The quantitative estimate of drug-likeness (QED) is 0.694. The number of aromatic nitrogens is 3. The van der Waals surface area contributed by atoms with Crippen molar-refractivity contribution in [1.82, 2.24) is 20.3 Å². The lowest BCUT2D eigenvalue weighted by Gasteiger charge is -2.32. The van der Waals surface area contributed by atoms with Gasteiger partial charge in [-0.1, -0.05) is 6.07 Å². The van der Waals surface area contributed by atoms with E-state index in [2.05, 4.69) is 39.0 Å². The number of thiophene rings is 1. The summed E-state index contributed by atoms with van der Waals surface area (Å²) in [6.45, 7) is 6.31. The summed E-state index contributed by atoms with van der Waals surface area (Å²) in [6, 6.07) is 3.76. The summed E-state index contributed by atoms with van der Waals surface area (Å²) in [5, 5.41) is 4.19. The van der Waals surface area contributed by atoms with E-state index in [1.807, 2.05) is 12.1 Å². The van der Waals surface area contributed by atoms with Gasteiger partial charge >= 0.3 is 0 Å². The Labute approximate surface area is 174 Å². The molecule has 1 fully saturated rings.